The molecule has 0 atom stereocenters. The average molecular weight is 926 g/mol. The van der Waals surface area contributed by atoms with Gasteiger partial charge in [-0.2, -0.15) is 41.0 Å². The molecule has 7 heteroatoms. The molecule has 286 valence electrons. The van der Waals surface area contributed by atoms with Gasteiger partial charge in [0, 0.05) is 13.2 Å². The Morgan fingerprint density at radius 1 is 0.684 bits per heavy atom. The first kappa shape index (κ1) is 40.6. The van der Waals surface area contributed by atoms with Crippen LogP contribution < -0.4 is 25.1 Å². The molecule has 6 nitrogen and oxygen atoms in total. The van der Waals surface area contributed by atoms with E-state index in [1.54, 1.807) is 6.20 Å². The molecular formula is C50H46N6Pt. The molecular weight excluding hydrogens is 880 g/mol. The molecule has 1 N–H and O–H groups in total. The van der Waals surface area contributed by atoms with Gasteiger partial charge >= 0.3 is 21.1 Å². The summed E-state index contributed by atoms with van der Waals surface area (Å²) in [5, 5.41) is 10.9. The van der Waals surface area contributed by atoms with E-state index < -0.39 is 0 Å². The minimum atomic E-state index is 0. The summed E-state index contributed by atoms with van der Waals surface area (Å²) in [6.07, 6.45) is 5.54. The topological polar surface area (TPSA) is 48.7 Å². The van der Waals surface area contributed by atoms with Gasteiger partial charge in [0.2, 0.25) is 0 Å². The van der Waals surface area contributed by atoms with Crippen LogP contribution in [0.25, 0.3) is 33.5 Å². The van der Waals surface area contributed by atoms with Crippen LogP contribution in [-0.4, -0.2) is 25.5 Å². The van der Waals surface area contributed by atoms with E-state index in [-0.39, 0.29) is 21.1 Å². The number of benzene rings is 6. The van der Waals surface area contributed by atoms with Gasteiger partial charge in [-0.15, -0.1) is 58.7 Å². The molecule has 0 aliphatic carbocycles. The molecule has 0 bridgehead atoms. The van der Waals surface area contributed by atoms with Crippen molar-refractivity contribution in [1.82, 2.24) is 15.5 Å². The van der Waals surface area contributed by atoms with Gasteiger partial charge in [-0.25, -0.2) is 5.69 Å². The van der Waals surface area contributed by atoms with E-state index in [1.807, 2.05) is 48.7 Å². The van der Waals surface area contributed by atoms with Crippen LogP contribution in [0, 0.1) is 45.9 Å². The molecule has 0 radical (unpaired) electrons. The number of rotatable bonds is 6. The van der Waals surface area contributed by atoms with Gasteiger partial charge < -0.3 is 30.2 Å². The Bertz CT molecular complexity index is 2430. The Labute approximate surface area is 352 Å². The third-order valence-electron chi connectivity index (χ3n) is 10.2. The Morgan fingerprint density at radius 3 is 1.79 bits per heavy atom. The van der Waals surface area contributed by atoms with Crippen LogP contribution in [0.3, 0.4) is 0 Å². The van der Waals surface area contributed by atoms with Crippen LogP contribution in [0.15, 0.2) is 158 Å². The third-order valence-corrected chi connectivity index (χ3v) is 10.2. The molecule has 3 heterocycles. The molecule has 9 rings (SSSR count). The number of hydrogen-bond donors (Lipinski definition) is 1. The van der Waals surface area contributed by atoms with Crippen LogP contribution in [0.2, 0.25) is 0 Å². The Hall–Kier alpha value is -6.10. The second-order valence-electron chi connectivity index (χ2n) is 13.9. The van der Waals surface area contributed by atoms with Crippen LogP contribution in [0.1, 0.15) is 22.3 Å². The minimum absolute atomic E-state index is 0. The number of nitrogens with one attached hydrogen (secondary N) is 1. The zero-order chi connectivity index (χ0) is 39.0. The Kier molecular flexibility index (Phi) is 13.3. The van der Waals surface area contributed by atoms with Gasteiger partial charge in [0.05, 0.1) is 30.4 Å². The average Bonchev–Trinajstić information content (AvgIpc) is 4.02. The van der Waals surface area contributed by atoms with E-state index >= 15 is 0 Å². The maximum absolute atomic E-state index is 3.91. The first-order valence-corrected chi connectivity index (χ1v) is 18.8. The van der Waals surface area contributed by atoms with Gasteiger partial charge in [-0.1, -0.05) is 118 Å². The van der Waals surface area contributed by atoms with Gasteiger partial charge in [-0.3, -0.25) is 0 Å². The molecule has 7 aromatic rings. The number of nitrogens with zero attached hydrogens (tertiary/aromatic N) is 5. The first-order valence-electron chi connectivity index (χ1n) is 18.8. The van der Waals surface area contributed by atoms with Gasteiger partial charge in [-0.05, 0) is 35.5 Å². The smallest absolute Gasteiger partial charge is 0.619 e. The summed E-state index contributed by atoms with van der Waals surface area (Å²) in [6.45, 7) is 14.2. The SMILES string of the molecule is C=CC1=CNCN1c1[c-]cc(C)c(-c2ccccc2)c1C.Cc1c[c-]c(N2CN(C)c3ccccc32)c(C)c1-c1ccccc1.[Pt+4].[c-]1ccccc1-c1ccn[n-]1. The van der Waals surface area contributed by atoms with Crippen LogP contribution >= 0.6 is 0 Å². The summed E-state index contributed by atoms with van der Waals surface area (Å²) in [6, 6.07) is 53.5. The number of anilines is 4. The zero-order valence-electron chi connectivity index (χ0n) is 33.0. The summed E-state index contributed by atoms with van der Waals surface area (Å²) in [7, 11) is 2.14. The van der Waals surface area contributed by atoms with E-state index in [0.29, 0.717) is 0 Å². The fraction of sp³-hybridized carbons (Fsp3) is 0.140. The van der Waals surface area contributed by atoms with Crippen LogP contribution in [0.5, 0.6) is 0 Å². The van der Waals surface area contributed by atoms with E-state index in [2.05, 4.69) is 181 Å². The summed E-state index contributed by atoms with van der Waals surface area (Å²) in [5.41, 5.74) is 17.9. The summed E-state index contributed by atoms with van der Waals surface area (Å²) in [5.74, 6) is 0. The predicted octanol–water partition coefficient (Wildman–Crippen LogP) is 11.0. The largest absolute Gasteiger partial charge is 4.00 e. The normalized spacial score (nSPS) is 12.6. The third kappa shape index (κ3) is 8.82. The fourth-order valence-electron chi connectivity index (χ4n) is 7.49. The second kappa shape index (κ2) is 18.7. The summed E-state index contributed by atoms with van der Waals surface area (Å²) in [4.78, 5) is 6.84. The predicted molar refractivity (Wildman–Crippen MR) is 233 cm³/mol. The molecule has 57 heavy (non-hydrogen) atoms. The monoisotopic (exact) mass is 925 g/mol. The van der Waals surface area contributed by atoms with Crippen molar-refractivity contribution >= 4 is 22.7 Å². The molecule has 1 aromatic heterocycles. The minimum Gasteiger partial charge on any atom is -0.619 e. The molecule has 2 aliphatic rings. The van der Waals surface area contributed by atoms with E-state index in [4.69, 9.17) is 0 Å². The molecule has 6 aromatic carbocycles. The van der Waals surface area contributed by atoms with Crippen LogP contribution in [0.4, 0.5) is 22.7 Å². The van der Waals surface area contributed by atoms with E-state index in [0.717, 1.165) is 41.7 Å². The van der Waals surface area contributed by atoms with Crippen molar-refractivity contribution in [2.24, 2.45) is 0 Å². The molecule has 0 unspecified atom stereocenters. The van der Waals surface area contributed by atoms with Gasteiger partial charge in [0.25, 0.3) is 0 Å². The molecule has 0 saturated heterocycles. The number of fused-ring (bicyclic) bond motifs is 1. The van der Waals surface area contributed by atoms with Crippen molar-refractivity contribution in [3.63, 3.8) is 0 Å². The van der Waals surface area contributed by atoms with Crippen molar-refractivity contribution in [3.8, 4) is 33.5 Å². The fourth-order valence-corrected chi connectivity index (χ4v) is 7.49. The Balaban J connectivity index is 0.000000152. The van der Waals surface area contributed by atoms with Crippen molar-refractivity contribution in [2.75, 3.05) is 35.1 Å². The molecule has 0 amide bonds. The summed E-state index contributed by atoms with van der Waals surface area (Å²) < 4.78 is 0. The van der Waals surface area contributed by atoms with E-state index in [9.17, 15) is 0 Å². The van der Waals surface area contributed by atoms with Crippen molar-refractivity contribution in [2.45, 2.75) is 27.7 Å². The molecule has 0 spiro atoms. The molecule has 0 fully saturated rings. The number of aryl methyl sites for hydroxylation is 2. The van der Waals surface area contributed by atoms with Gasteiger partial charge in [0.1, 0.15) is 0 Å². The maximum atomic E-state index is 3.91. The zero-order valence-corrected chi connectivity index (χ0v) is 35.3. The number of hydrogen-bond acceptors (Lipinski definition) is 5. The number of para-hydroxylation sites is 2. The molecule has 0 saturated carbocycles. The standard InChI is InChI=1S/C22H21N2.C19H19N2.C9H6N2.Pt/c1-16-13-14-19(17(2)22(16)18-9-5-4-6-10-18)24-15-23(3)20-11-7-8-12-21(20)24;1-4-17-12-20-13-21(17)18-11-10-14(2)19(15(18)3)16-8-6-5-7-9-16;1-2-4-8(5-3-1)9-6-7-10-11-9;/h4-13H,15H2,1-3H3;4-10,12,20H,1,13H2,2-3H3;1-4,6-7H;/q2*-1;-2;+4. The van der Waals surface area contributed by atoms with Crippen molar-refractivity contribution in [3.05, 3.63) is 199 Å². The second-order valence-corrected chi connectivity index (χ2v) is 13.9. The number of aromatic nitrogens is 2. The van der Waals surface area contributed by atoms with E-state index in [1.165, 1.54) is 55.9 Å². The summed E-state index contributed by atoms with van der Waals surface area (Å²) >= 11 is 0. The van der Waals surface area contributed by atoms with Gasteiger partial charge in [0.15, 0.2) is 0 Å². The number of allylic oxidation sites excluding steroid dienone is 1. The van der Waals surface area contributed by atoms with Crippen LogP contribution in [-0.2, 0) is 21.1 Å². The first-order chi connectivity index (χ1) is 27.4. The molecule has 2 aliphatic heterocycles. The quantitative estimate of drug-likeness (QED) is 0.168. The maximum Gasteiger partial charge on any atom is 4.00 e. The van der Waals surface area contributed by atoms with Crippen molar-refractivity contribution in [1.29, 1.82) is 0 Å². The van der Waals surface area contributed by atoms with Crippen molar-refractivity contribution < 1.29 is 21.1 Å². The Morgan fingerprint density at radius 2 is 1.25 bits per heavy atom.